The fraction of sp³-hybridized carbons (Fsp3) is 0.444. The van der Waals surface area contributed by atoms with Crippen LogP contribution in [0.3, 0.4) is 0 Å². The molecule has 0 aliphatic carbocycles. The van der Waals surface area contributed by atoms with Crippen molar-refractivity contribution in [2.75, 3.05) is 11.9 Å². The SMILES string of the molecule is CC(C)CNC(=O)c1cc2n(n1)[C@@H](C(F)(F)F)C[C@H](c1ccc(Cl)c(Cl)c1)N2. The van der Waals surface area contributed by atoms with E-state index in [0.29, 0.717) is 17.1 Å². The van der Waals surface area contributed by atoms with E-state index in [-0.39, 0.29) is 28.9 Å². The number of anilines is 1. The van der Waals surface area contributed by atoms with Gasteiger partial charge in [-0.25, -0.2) is 4.68 Å². The molecule has 2 N–H and O–H groups in total. The second kappa shape index (κ2) is 7.83. The lowest BCUT2D eigenvalue weighted by atomic mass is 9.97. The first-order valence-electron chi connectivity index (χ1n) is 8.72. The van der Waals surface area contributed by atoms with Crippen LogP contribution < -0.4 is 10.6 Å². The van der Waals surface area contributed by atoms with E-state index < -0.39 is 24.2 Å². The van der Waals surface area contributed by atoms with E-state index in [1.54, 1.807) is 12.1 Å². The monoisotopic (exact) mass is 434 g/mol. The number of aromatic nitrogens is 2. The number of nitrogens with zero attached hydrogens (tertiary/aromatic N) is 2. The molecule has 3 rings (SSSR count). The van der Waals surface area contributed by atoms with Gasteiger partial charge in [-0.1, -0.05) is 43.1 Å². The number of amides is 1. The Morgan fingerprint density at radius 2 is 2.04 bits per heavy atom. The number of alkyl halides is 3. The number of hydrogen-bond acceptors (Lipinski definition) is 3. The zero-order chi connectivity index (χ0) is 20.6. The average Bonchev–Trinajstić information content (AvgIpc) is 3.04. The standard InChI is InChI=1S/C18H19Cl2F3N4O/c1-9(2)8-24-17(28)14-7-16-25-13(10-3-4-11(19)12(20)5-10)6-15(18(21,22)23)27(16)26-14/h3-5,7,9,13,15,25H,6,8H2,1-2H3,(H,24,28)/t13-,15-/m1/s1. The molecule has 2 atom stereocenters. The zero-order valence-electron chi connectivity index (χ0n) is 15.1. The number of hydrogen-bond donors (Lipinski definition) is 2. The van der Waals surface area contributed by atoms with Gasteiger partial charge in [-0.15, -0.1) is 0 Å². The molecule has 0 unspecified atom stereocenters. The summed E-state index contributed by atoms with van der Waals surface area (Å²) in [5.41, 5.74) is 0.508. The third-order valence-electron chi connectivity index (χ3n) is 4.44. The number of fused-ring (bicyclic) bond motifs is 1. The minimum Gasteiger partial charge on any atom is -0.363 e. The topological polar surface area (TPSA) is 59.0 Å². The lowest BCUT2D eigenvalue weighted by molar-refractivity contribution is -0.173. The molecular weight excluding hydrogens is 416 g/mol. The average molecular weight is 435 g/mol. The number of halogens is 5. The number of carbonyl (C=O) groups excluding carboxylic acids is 1. The van der Waals surface area contributed by atoms with E-state index in [2.05, 4.69) is 15.7 Å². The summed E-state index contributed by atoms with van der Waals surface area (Å²) in [6.07, 6.45) is -4.81. The van der Waals surface area contributed by atoms with Crippen LogP contribution in [-0.4, -0.2) is 28.4 Å². The molecule has 0 bridgehead atoms. The lowest BCUT2D eigenvalue weighted by Gasteiger charge is -2.33. The summed E-state index contributed by atoms with van der Waals surface area (Å²) in [5, 5.41) is 10.2. The van der Waals surface area contributed by atoms with Crippen molar-refractivity contribution in [3.05, 3.63) is 45.6 Å². The maximum Gasteiger partial charge on any atom is 0.410 e. The molecule has 2 heterocycles. The second-order valence-electron chi connectivity index (χ2n) is 7.13. The third kappa shape index (κ3) is 4.38. The van der Waals surface area contributed by atoms with Gasteiger partial charge < -0.3 is 10.6 Å². The molecule has 1 aromatic heterocycles. The van der Waals surface area contributed by atoms with Gasteiger partial charge in [0.15, 0.2) is 11.7 Å². The minimum absolute atomic E-state index is 0.0628. The first kappa shape index (κ1) is 20.8. The first-order chi connectivity index (χ1) is 13.1. The van der Waals surface area contributed by atoms with Crippen LogP contribution in [0, 0.1) is 5.92 Å². The molecule has 1 aliphatic rings. The van der Waals surface area contributed by atoms with Crippen molar-refractivity contribution in [3.8, 4) is 0 Å². The second-order valence-corrected chi connectivity index (χ2v) is 7.94. The van der Waals surface area contributed by atoms with E-state index in [0.717, 1.165) is 4.68 Å². The van der Waals surface area contributed by atoms with E-state index in [1.165, 1.54) is 12.1 Å². The predicted molar refractivity (Wildman–Crippen MR) is 102 cm³/mol. The fourth-order valence-electron chi connectivity index (χ4n) is 3.02. The van der Waals surface area contributed by atoms with Crippen molar-refractivity contribution in [2.24, 2.45) is 5.92 Å². The molecule has 5 nitrogen and oxygen atoms in total. The first-order valence-corrected chi connectivity index (χ1v) is 9.47. The van der Waals surface area contributed by atoms with Crippen molar-refractivity contribution >= 4 is 34.9 Å². The quantitative estimate of drug-likeness (QED) is 0.691. The maximum absolute atomic E-state index is 13.7. The van der Waals surface area contributed by atoms with Crippen molar-refractivity contribution < 1.29 is 18.0 Å². The highest BCUT2D eigenvalue weighted by atomic mass is 35.5. The lowest BCUT2D eigenvalue weighted by Crippen LogP contribution is -2.36. The molecule has 1 aromatic carbocycles. The maximum atomic E-state index is 13.7. The molecule has 10 heteroatoms. The molecule has 0 fully saturated rings. The third-order valence-corrected chi connectivity index (χ3v) is 5.18. The van der Waals surface area contributed by atoms with Crippen molar-refractivity contribution in [3.63, 3.8) is 0 Å². The number of nitrogens with one attached hydrogen (secondary N) is 2. The van der Waals surface area contributed by atoms with Crippen LogP contribution in [-0.2, 0) is 0 Å². The Labute approximate surface area is 170 Å². The van der Waals surface area contributed by atoms with Gasteiger partial charge in [0, 0.05) is 19.0 Å². The molecule has 0 radical (unpaired) electrons. The normalized spacial score (nSPS) is 19.3. The van der Waals surface area contributed by atoms with E-state index in [4.69, 9.17) is 23.2 Å². The molecule has 0 spiro atoms. The molecule has 1 aliphatic heterocycles. The Morgan fingerprint density at radius 3 is 2.64 bits per heavy atom. The molecular formula is C18H19Cl2F3N4O. The van der Waals surface area contributed by atoms with Gasteiger partial charge in [0.2, 0.25) is 0 Å². The molecule has 152 valence electrons. The Bertz CT molecular complexity index is 882. The number of benzene rings is 1. The summed E-state index contributed by atoms with van der Waals surface area (Å²) in [4.78, 5) is 12.2. The Kier molecular flexibility index (Phi) is 5.82. The predicted octanol–water partition coefficient (Wildman–Crippen LogP) is 5.24. The highest BCUT2D eigenvalue weighted by Gasteiger charge is 2.46. The summed E-state index contributed by atoms with van der Waals surface area (Å²) in [5.74, 6) is -0.176. The molecule has 1 amide bonds. The van der Waals surface area contributed by atoms with Gasteiger partial charge in [0.1, 0.15) is 5.82 Å². The van der Waals surface area contributed by atoms with Crippen LogP contribution in [0.2, 0.25) is 10.0 Å². The molecule has 28 heavy (non-hydrogen) atoms. The Balaban J connectivity index is 1.93. The van der Waals surface area contributed by atoms with Gasteiger partial charge in [-0.3, -0.25) is 4.79 Å². The van der Waals surface area contributed by atoms with Gasteiger partial charge in [-0.2, -0.15) is 18.3 Å². The molecule has 2 aromatic rings. The van der Waals surface area contributed by atoms with Crippen molar-refractivity contribution in [1.82, 2.24) is 15.1 Å². The van der Waals surface area contributed by atoms with Crippen LogP contribution in [0.25, 0.3) is 0 Å². The highest BCUT2D eigenvalue weighted by Crippen LogP contribution is 2.44. The van der Waals surface area contributed by atoms with E-state index in [1.807, 2.05) is 13.8 Å². The molecule has 0 saturated heterocycles. The van der Waals surface area contributed by atoms with Crippen LogP contribution in [0.5, 0.6) is 0 Å². The van der Waals surface area contributed by atoms with Crippen LogP contribution in [0.1, 0.15) is 48.4 Å². The van der Waals surface area contributed by atoms with Crippen LogP contribution >= 0.6 is 23.2 Å². The number of rotatable bonds is 4. The summed E-state index contributed by atoms with van der Waals surface area (Å²) in [7, 11) is 0. The highest BCUT2D eigenvalue weighted by molar-refractivity contribution is 6.42. The van der Waals surface area contributed by atoms with E-state index in [9.17, 15) is 18.0 Å². The summed E-state index contributed by atoms with van der Waals surface area (Å²) < 4.78 is 41.9. The summed E-state index contributed by atoms with van der Waals surface area (Å²) in [6, 6.07) is 3.52. The zero-order valence-corrected chi connectivity index (χ0v) is 16.7. The smallest absolute Gasteiger partial charge is 0.363 e. The number of carbonyl (C=O) groups is 1. The summed E-state index contributed by atoms with van der Waals surface area (Å²) >= 11 is 11.9. The van der Waals surface area contributed by atoms with Gasteiger partial charge >= 0.3 is 6.18 Å². The Hall–Kier alpha value is -1.93. The van der Waals surface area contributed by atoms with Crippen LogP contribution in [0.15, 0.2) is 24.3 Å². The largest absolute Gasteiger partial charge is 0.410 e. The fourth-order valence-corrected chi connectivity index (χ4v) is 3.33. The van der Waals surface area contributed by atoms with E-state index >= 15 is 0 Å². The van der Waals surface area contributed by atoms with Crippen molar-refractivity contribution in [1.29, 1.82) is 0 Å². The van der Waals surface area contributed by atoms with Gasteiger partial charge in [0.05, 0.1) is 16.1 Å². The van der Waals surface area contributed by atoms with Crippen molar-refractivity contribution in [2.45, 2.75) is 38.5 Å². The van der Waals surface area contributed by atoms with Gasteiger partial charge in [-0.05, 0) is 23.6 Å². The minimum atomic E-state index is -4.52. The van der Waals surface area contributed by atoms with Crippen LogP contribution in [0.4, 0.5) is 19.0 Å². The van der Waals surface area contributed by atoms with Gasteiger partial charge in [0.25, 0.3) is 5.91 Å². The Morgan fingerprint density at radius 1 is 1.32 bits per heavy atom. The summed E-state index contributed by atoms with van der Waals surface area (Å²) in [6.45, 7) is 4.24. The molecule has 0 saturated carbocycles.